The van der Waals surface area contributed by atoms with Crippen molar-refractivity contribution in [1.82, 2.24) is 5.32 Å². The van der Waals surface area contributed by atoms with Crippen LogP contribution in [0.25, 0.3) is 5.70 Å². The predicted octanol–water partition coefficient (Wildman–Crippen LogP) is 4.88. The van der Waals surface area contributed by atoms with E-state index in [0.717, 1.165) is 60.3 Å². The summed E-state index contributed by atoms with van der Waals surface area (Å²) in [6.07, 6.45) is 9.92. The second kappa shape index (κ2) is 5.43. The van der Waals surface area contributed by atoms with Gasteiger partial charge >= 0.3 is 0 Å². The average molecular weight is 353 g/mol. The third-order valence-electron chi connectivity index (χ3n) is 7.30. The van der Waals surface area contributed by atoms with Crippen molar-refractivity contribution in [2.24, 2.45) is 23.2 Å². The molecule has 0 amide bonds. The number of ketones is 1. The molecule has 0 saturated heterocycles. The number of carbonyl (C=O) groups excluding carboxylic acids is 1. The molecule has 1 N–H and O–H groups in total. The summed E-state index contributed by atoms with van der Waals surface area (Å²) >= 11 is 0. The van der Waals surface area contributed by atoms with Gasteiger partial charge in [0.15, 0.2) is 5.78 Å². The van der Waals surface area contributed by atoms with Gasteiger partial charge in [0.25, 0.3) is 0 Å². The quantitative estimate of drug-likeness (QED) is 0.768. The van der Waals surface area contributed by atoms with Crippen LogP contribution >= 0.6 is 0 Å². The molecule has 4 bridgehead atoms. The highest BCUT2D eigenvalue weighted by atomic mass is 19.1. The van der Waals surface area contributed by atoms with E-state index in [1.54, 1.807) is 6.07 Å². The summed E-state index contributed by atoms with van der Waals surface area (Å²) in [7, 11) is 0. The lowest BCUT2D eigenvalue weighted by molar-refractivity contribution is -0.138. The Bertz CT molecular complexity index is 771. The molecule has 1 heterocycles. The fraction of sp³-hybridized carbons (Fsp3) is 0.609. The third-order valence-corrected chi connectivity index (χ3v) is 7.30. The summed E-state index contributed by atoms with van der Waals surface area (Å²) in [5, 5.41) is 3.55. The highest BCUT2D eigenvalue weighted by Crippen LogP contribution is 2.60. The van der Waals surface area contributed by atoms with Crippen LogP contribution in [0.1, 0.15) is 63.5 Å². The highest BCUT2D eigenvalue weighted by Gasteiger charge is 2.53. The Hall–Kier alpha value is -1.64. The van der Waals surface area contributed by atoms with Gasteiger partial charge in [-0.3, -0.25) is 4.79 Å². The molecular formula is C23H28FNO. The number of halogens is 1. The first-order valence-electron chi connectivity index (χ1n) is 10.2. The minimum Gasteiger partial charge on any atom is -0.379 e. The number of rotatable bonds is 2. The Balaban J connectivity index is 1.51. The Morgan fingerprint density at radius 2 is 1.73 bits per heavy atom. The molecule has 138 valence electrons. The van der Waals surface area contributed by atoms with Gasteiger partial charge in [-0.05, 0) is 100 Å². The highest BCUT2D eigenvalue weighted by molar-refractivity contribution is 6.01. The van der Waals surface area contributed by atoms with E-state index in [9.17, 15) is 9.18 Å². The maximum Gasteiger partial charge on any atom is 0.163 e. The zero-order chi connectivity index (χ0) is 18.1. The molecule has 0 aromatic heterocycles. The second-order valence-corrected chi connectivity index (χ2v) is 10.1. The van der Waals surface area contributed by atoms with Crippen LogP contribution in [0.4, 0.5) is 4.39 Å². The zero-order valence-electron chi connectivity index (χ0n) is 15.8. The van der Waals surface area contributed by atoms with E-state index >= 15 is 0 Å². The topological polar surface area (TPSA) is 29.1 Å². The molecule has 5 aliphatic rings. The van der Waals surface area contributed by atoms with Crippen molar-refractivity contribution in [2.45, 2.75) is 64.3 Å². The minimum atomic E-state index is -0.201. The normalized spacial score (nSPS) is 38.1. The van der Waals surface area contributed by atoms with Gasteiger partial charge in [-0.2, -0.15) is 0 Å². The lowest BCUT2D eigenvalue weighted by Crippen LogP contribution is -2.50. The van der Waals surface area contributed by atoms with Crippen LogP contribution in [0.5, 0.6) is 0 Å². The Kier molecular flexibility index (Phi) is 3.45. The van der Waals surface area contributed by atoms with E-state index in [2.05, 4.69) is 19.2 Å². The molecule has 4 fully saturated rings. The lowest BCUT2D eigenvalue weighted by atomic mass is 9.48. The van der Waals surface area contributed by atoms with Crippen molar-refractivity contribution < 1.29 is 9.18 Å². The fourth-order valence-corrected chi connectivity index (χ4v) is 6.73. The molecule has 1 aromatic carbocycles. The fourth-order valence-electron chi connectivity index (χ4n) is 6.73. The van der Waals surface area contributed by atoms with Crippen molar-refractivity contribution >= 4 is 11.5 Å². The van der Waals surface area contributed by atoms with Gasteiger partial charge in [0.1, 0.15) is 5.82 Å². The van der Waals surface area contributed by atoms with Gasteiger partial charge in [0.2, 0.25) is 0 Å². The largest absolute Gasteiger partial charge is 0.379 e. The summed E-state index contributed by atoms with van der Waals surface area (Å²) in [4.78, 5) is 13.5. The Morgan fingerprint density at radius 3 is 2.35 bits per heavy atom. The third kappa shape index (κ3) is 2.62. The van der Waals surface area contributed by atoms with Gasteiger partial charge in [-0.1, -0.05) is 0 Å². The summed E-state index contributed by atoms with van der Waals surface area (Å²) in [5.41, 5.74) is 2.58. The first-order valence-corrected chi connectivity index (χ1v) is 10.2. The number of allylic oxidation sites excluding steroid dienone is 1. The molecule has 0 spiro atoms. The molecule has 3 heteroatoms. The van der Waals surface area contributed by atoms with Gasteiger partial charge in [-0.25, -0.2) is 4.39 Å². The summed E-state index contributed by atoms with van der Waals surface area (Å²) < 4.78 is 13.7. The van der Waals surface area contributed by atoms with Crippen molar-refractivity contribution in [1.29, 1.82) is 0 Å². The van der Waals surface area contributed by atoms with Crippen molar-refractivity contribution in [2.75, 3.05) is 0 Å². The van der Waals surface area contributed by atoms with Gasteiger partial charge in [0, 0.05) is 28.3 Å². The number of carbonyl (C=O) groups is 1. The maximum absolute atomic E-state index is 13.7. The number of fused-ring (bicyclic) bond motifs is 1. The summed E-state index contributed by atoms with van der Waals surface area (Å²) in [6.45, 7) is 4.23. The first-order chi connectivity index (χ1) is 12.3. The first kappa shape index (κ1) is 16.5. The van der Waals surface area contributed by atoms with Crippen LogP contribution in [0.3, 0.4) is 0 Å². The van der Waals surface area contributed by atoms with E-state index in [1.165, 1.54) is 25.3 Å². The molecule has 1 aromatic rings. The van der Waals surface area contributed by atoms with E-state index in [-0.39, 0.29) is 16.8 Å². The van der Waals surface area contributed by atoms with Crippen LogP contribution in [0.2, 0.25) is 0 Å². The molecule has 0 atom stereocenters. The van der Waals surface area contributed by atoms with Crippen LogP contribution in [0, 0.1) is 29.0 Å². The van der Waals surface area contributed by atoms with E-state index in [4.69, 9.17) is 0 Å². The van der Waals surface area contributed by atoms with Gasteiger partial charge in [0.05, 0.1) is 0 Å². The van der Waals surface area contributed by atoms with Gasteiger partial charge < -0.3 is 5.32 Å². The number of nitrogens with one attached hydrogen (secondary N) is 1. The van der Waals surface area contributed by atoms with Gasteiger partial charge in [-0.15, -0.1) is 0 Å². The molecule has 2 nitrogen and oxygen atoms in total. The zero-order valence-corrected chi connectivity index (χ0v) is 15.8. The van der Waals surface area contributed by atoms with Crippen LogP contribution in [-0.4, -0.2) is 11.3 Å². The standard InChI is InChI=1S/C23H28FNO/c1-22(2)13-17-8-18(24)3-4-19(17)20(25-22)9-21(26)23-10-14-5-15(11-23)7-16(6-14)12-23/h3-4,8-9,14-16,25H,5-7,10-13H2,1-2H3. The minimum absolute atomic E-state index is 0.120. The van der Waals surface area contributed by atoms with Crippen molar-refractivity contribution in [3.63, 3.8) is 0 Å². The number of hydrogen-bond donors (Lipinski definition) is 1. The van der Waals surface area contributed by atoms with Crippen LogP contribution in [0.15, 0.2) is 24.3 Å². The monoisotopic (exact) mass is 353 g/mol. The molecule has 1 aliphatic heterocycles. The number of benzene rings is 1. The summed E-state index contributed by atoms with van der Waals surface area (Å²) in [5.74, 6) is 2.41. The molecule has 4 saturated carbocycles. The molecule has 6 rings (SSSR count). The van der Waals surface area contributed by atoms with E-state index < -0.39 is 0 Å². The second-order valence-electron chi connectivity index (χ2n) is 10.1. The van der Waals surface area contributed by atoms with Crippen molar-refractivity contribution in [3.05, 3.63) is 41.2 Å². The average Bonchev–Trinajstić information content (AvgIpc) is 2.51. The lowest BCUT2D eigenvalue weighted by Gasteiger charge is -2.55. The van der Waals surface area contributed by atoms with Crippen LogP contribution < -0.4 is 5.32 Å². The van der Waals surface area contributed by atoms with E-state index in [1.807, 2.05) is 12.1 Å². The van der Waals surface area contributed by atoms with Crippen LogP contribution in [-0.2, 0) is 11.2 Å². The molecule has 0 radical (unpaired) electrons. The van der Waals surface area contributed by atoms with Crippen molar-refractivity contribution in [3.8, 4) is 0 Å². The molecule has 26 heavy (non-hydrogen) atoms. The van der Waals surface area contributed by atoms with E-state index in [0.29, 0.717) is 5.78 Å². The maximum atomic E-state index is 13.7. The summed E-state index contributed by atoms with van der Waals surface area (Å²) in [6, 6.07) is 4.95. The molecule has 4 aliphatic carbocycles. The Labute approximate surface area is 155 Å². The SMILES string of the molecule is CC1(C)Cc2cc(F)ccc2C(=CC(=O)C23CC4CC(CC(C4)C2)C3)N1. The molecular weight excluding hydrogens is 325 g/mol. The Morgan fingerprint density at radius 1 is 1.12 bits per heavy atom. The predicted molar refractivity (Wildman–Crippen MR) is 101 cm³/mol. The smallest absolute Gasteiger partial charge is 0.163 e. The molecule has 0 unspecified atom stereocenters. The number of hydrogen-bond acceptors (Lipinski definition) is 2.